The molecular weight excluding hydrogens is 427 g/mol. The van der Waals surface area contributed by atoms with Gasteiger partial charge in [-0.2, -0.15) is 5.10 Å². The van der Waals surface area contributed by atoms with Crippen LogP contribution in [-0.2, 0) is 6.42 Å². The van der Waals surface area contributed by atoms with Gasteiger partial charge < -0.3 is 20.5 Å². The minimum atomic E-state index is -0.861. The van der Waals surface area contributed by atoms with Gasteiger partial charge in [-0.1, -0.05) is 0 Å². The molecule has 0 saturated carbocycles. The van der Waals surface area contributed by atoms with Crippen molar-refractivity contribution in [2.24, 2.45) is 5.73 Å². The monoisotopic (exact) mass is 448 g/mol. The van der Waals surface area contributed by atoms with Crippen molar-refractivity contribution in [2.45, 2.75) is 31.4 Å². The molecule has 0 aromatic carbocycles. The van der Waals surface area contributed by atoms with Crippen LogP contribution in [0, 0.1) is 5.82 Å². The van der Waals surface area contributed by atoms with Gasteiger partial charge in [0.1, 0.15) is 17.2 Å². The lowest BCUT2D eigenvalue weighted by molar-refractivity contribution is 0.1000. The van der Waals surface area contributed by atoms with Gasteiger partial charge in [0, 0.05) is 30.6 Å². The quantitative estimate of drug-likeness (QED) is 0.529. The van der Waals surface area contributed by atoms with E-state index in [0.29, 0.717) is 29.5 Å². The standard InChI is InChI=1S/C20H22ClFN6O3/c1-31-20-13(7-11(22)10-24-20)15-3-2-5-27(15)16-4-6-28-19(25-16)17(18(23)30)14(26-28)8-12(29)9-21/h4,6-7,10,12,15,29H,2-3,5,8-9H2,1H3,(H2,23,30)/t12-,15-/m1/s1. The van der Waals surface area contributed by atoms with Crippen LogP contribution in [-0.4, -0.2) is 56.2 Å². The Balaban J connectivity index is 1.76. The second-order valence-corrected chi connectivity index (χ2v) is 7.66. The van der Waals surface area contributed by atoms with Gasteiger partial charge in [0.15, 0.2) is 5.65 Å². The maximum absolute atomic E-state index is 13.9. The van der Waals surface area contributed by atoms with Crippen molar-refractivity contribution in [3.63, 3.8) is 0 Å². The highest BCUT2D eigenvalue weighted by Crippen LogP contribution is 2.39. The van der Waals surface area contributed by atoms with E-state index in [1.807, 2.05) is 4.90 Å². The molecular formula is C20H22ClFN6O3. The lowest BCUT2D eigenvalue weighted by Crippen LogP contribution is -2.24. The van der Waals surface area contributed by atoms with Crippen molar-refractivity contribution in [1.82, 2.24) is 19.6 Å². The van der Waals surface area contributed by atoms with E-state index >= 15 is 0 Å². The number of hydrogen-bond acceptors (Lipinski definition) is 7. The molecule has 4 heterocycles. The molecule has 164 valence electrons. The van der Waals surface area contributed by atoms with Crippen molar-refractivity contribution in [2.75, 3.05) is 24.4 Å². The van der Waals surface area contributed by atoms with Gasteiger partial charge in [0.2, 0.25) is 5.88 Å². The molecule has 0 spiro atoms. The van der Waals surface area contributed by atoms with Crippen LogP contribution >= 0.6 is 11.6 Å². The van der Waals surface area contributed by atoms with Gasteiger partial charge in [-0.3, -0.25) is 4.79 Å². The number of carbonyl (C=O) groups is 1. The van der Waals surface area contributed by atoms with Gasteiger partial charge in [0.25, 0.3) is 5.91 Å². The van der Waals surface area contributed by atoms with E-state index in [1.165, 1.54) is 17.7 Å². The number of amides is 1. The topological polar surface area (TPSA) is 119 Å². The average Bonchev–Trinajstić information content (AvgIpc) is 3.37. The molecule has 9 nitrogen and oxygen atoms in total. The number of aliphatic hydroxyl groups excluding tert-OH is 1. The second-order valence-electron chi connectivity index (χ2n) is 7.36. The number of aromatic nitrogens is 4. The number of anilines is 1. The zero-order valence-electron chi connectivity index (χ0n) is 16.8. The summed E-state index contributed by atoms with van der Waals surface area (Å²) in [4.78, 5) is 22.8. The van der Waals surface area contributed by atoms with Crippen LogP contribution in [0.4, 0.5) is 10.2 Å². The maximum Gasteiger partial charge on any atom is 0.254 e. The summed E-state index contributed by atoms with van der Waals surface area (Å²) in [5, 5.41) is 14.2. The normalized spacial score (nSPS) is 17.3. The fraction of sp³-hybridized carbons (Fsp3) is 0.400. The predicted octanol–water partition coefficient (Wildman–Crippen LogP) is 1.85. The number of ether oxygens (including phenoxy) is 1. The van der Waals surface area contributed by atoms with Crippen molar-refractivity contribution in [1.29, 1.82) is 0 Å². The van der Waals surface area contributed by atoms with Crippen LogP contribution in [0.15, 0.2) is 24.5 Å². The van der Waals surface area contributed by atoms with E-state index < -0.39 is 17.8 Å². The highest BCUT2D eigenvalue weighted by molar-refractivity contribution is 6.18. The first-order valence-corrected chi connectivity index (χ1v) is 10.3. The number of pyridine rings is 1. The summed E-state index contributed by atoms with van der Waals surface area (Å²) in [6.45, 7) is 0.686. The number of halogens is 2. The highest BCUT2D eigenvalue weighted by Gasteiger charge is 2.31. The summed E-state index contributed by atoms with van der Waals surface area (Å²) >= 11 is 5.69. The number of rotatable bonds is 7. The van der Waals surface area contributed by atoms with Crippen LogP contribution in [0.2, 0.25) is 0 Å². The minimum absolute atomic E-state index is 0.00368. The molecule has 2 atom stereocenters. The fourth-order valence-electron chi connectivity index (χ4n) is 4.01. The zero-order chi connectivity index (χ0) is 22.1. The third kappa shape index (κ3) is 4.00. The summed E-state index contributed by atoms with van der Waals surface area (Å²) in [5.41, 5.74) is 6.99. The van der Waals surface area contributed by atoms with Crippen molar-refractivity contribution in [3.05, 3.63) is 47.2 Å². The number of fused-ring (bicyclic) bond motifs is 1. The van der Waals surface area contributed by atoms with E-state index in [9.17, 15) is 14.3 Å². The van der Waals surface area contributed by atoms with E-state index in [2.05, 4.69) is 15.1 Å². The Morgan fingerprint density at radius 3 is 3.03 bits per heavy atom. The number of hydrogen-bond donors (Lipinski definition) is 2. The molecule has 0 aliphatic carbocycles. The molecule has 1 aliphatic heterocycles. The Morgan fingerprint density at radius 1 is 1.52 bits per heavy atom. The Bertz CT molecular complexity index is 1120. The Kier molecular flexibility index (Phi) is 5.92. The number of methoxy groups -OCH3 is 1. The van der Waals surface area contributed by atoms with Crippen molar-refractivity contribution < 1.29 is 19.0 Å². The molecule has 1 fully saturated rings. The van der Waals surface area contributed by atoms with Crippen LogP contribution in [0.3, 0.4) is 0 Å². The summed E-state index contributed by atoms with van der Waals surface area (Å²) in [7, 11) is 1.50. The lowest BCUT2D eigenvalue weighted by Gasteiger charge is -2.26. The molecule has 0 radical (unpaired) electrons. The first-order valence-electron chi connectivity index (χ1n) is 9.81. The van der Waals surface area contributed by atoms with Gasteiger partial charge >= 0.3 is 0 Å². The predicted molar refractivity (Wildman–Crippen MR) is 112 cm³/mol. The summed E-state index contributed by atoms with van der Waals surface area (Å²) < 4.78 is 20.7. The first-order chi connectivity index (χ1) is 14.9. The molecule has 0 bridgehead atoms. The Morgan fingerprint density at radius 2 is 2.32 bits per heavy atom. The average molecular weight is 449 g/mol. The Labute approximate surface area is 182 Å². The van der Waals surface area contributed by atoms with Gasteiger partial charge in [-0.25, -0.2) is 18.9 Å². The molecule has 11 heteroatoms. The third-order valence-corrected chi connectivity index (χ3v) is 5.70. The number of alkyl halides is 1. The molecule has 1 amide bonds. The van der Waals surface area contributed by atoms with Crippen LogP contribution < -0.4 is 15.4 Å². The van der Waals surface area contributed by atoms with Crippen molar-refractivity contribution in [3.8, 4) is 5.88 Å². The number of nitrogens with two attached hydrogens (primary N) is 1. The van der Waals surface area contributed by atoms with Gasteiger partial charge in [0.05, 0.1) is 31.1 Å². The van der Waals surface area contributed by atoms with Crippen LogP contribution in [0.5, 0.6) is 5.88 Å². The summed E-state index contributed by atoms with van der Waals surface area (Å²) in [6, 6.07) is 3.00. The Hall–Kier alpha value is -2.98. The lowest BCUT2D eigenvalue weighted by atomic mass is 10.1. The maximum atomic E-state index is 13.9. The number of primary amides is 1. The van der Waals surface area contributed by atoms with E-state index in [1.54, 1.807) is 12.3 Å². The van der Waals surface area contributed by atoms with Gasteiger partial charge in [-0.15, -0.1) is 11.6 Å². The number of nitrogens with zero attached hydrogens (tertiary/aromatic N) is 5. The van der Waals surface area contributed by atoms with Gasteiger partial charge in [-0.05, 0) is 25.0 Å². The first kappa shape index (κ1) is 21.3. The zero-order valence-corrected chi connectivity index (χ0v) is 17.6. The van der Waals surface area contributed by atoms with E-state index in [4.69, 9.17) is 22.1 Å². The minimum Gasteiger partial charge on any atom is -0.481 e. The molecule has 3 aromatic rings. The summed E-state index contributed by atoms with van der Waals surface area (Å²) in [5.74, 6) is -0.179. The largest absolute Gasteiger partial charge is 0.481 e. The smallest absolute Gasteiger partial charge is 0.254 e. The van der Waals surface area contributed by atoms with E-state index in [-0.39, 0.29) is 29.6 Å². The molecule has 31 heavy (non-hydrogen) atoms. The molecule has 3 aromatic heterocycles. The van der Waals surface area contributed by atoms with Crippen LogP contribution in [0.1, 0.15) is 40.5 Å². The van der Waals surface area contributed by atoms with E-state index in [0.717, 1.165) is 19.0 Å². The molecule has 3 N–H and O–H groups in total. The van der Waals surface area contributed by atoms with Crippen molar-refractivity contribution >= 4 is 29.0 Å². The fourth-order valence-corrected chi connectivity index (χ4v) is 4.12. The number of aliphatic hydroxyl groups is 1. The second kappa shape index (κ2) is 8.64. The molecule has 1 aliphatic rings. The molecule has 1 saturated heterocycles. The third-order valence-electron chi connectivity index (χ3n) is 5.34. The van der Waals surface area contributed by atoms with Crippen LogP contribution in [0.25, 0.3) is 5.65 Å². The molecule has 4 rings (SSSR count). The number of carbonyl (C=O) groups excluding carboxylic acids is 1. The summed E-state index contributed by atoms with van der Waals surface area (Å²) in [6.07, 6.45) is 3.65. The SMILES string of the molecule is COc1ncc(F)cc1[C@H]1CCCN1c1ccn2nc(C[C@@H](O)CCl)c(C(N)=O)c2n1. The highest BCUT2D eigenvalue weighted by atomic mass is 35.5. The molecule has 0 unspecified atom stereocenters.